The molecule has 0 spiro atoms. The minimum atomic E-state index is -3.66. The summed E-state index contributed by atoms with van der Waals surface area (Å²) >= 11 is 6.10. The molecule has 2 saturated heterocycles. The van der Waals surface area contributed by atoms with Gasteiger partial charge in [0.05, 0.1) is 10.6 Å². The molecule has 0 unspecified atom stereocenters. The van der Waals surface area contributed by atoms with Gasteiger partial charge in [0, 0.05) is 24.2 Å². The molecule has 2 fully saturated rings. The first-order valence-corrected chi connectivity index (χ1v) is 11.6. The van der Waals surface area contributed by atoms with Crippen molar-refractivity contribution in [2.75, 3.05) is 24.5 Å². The number of halogens is 1. The first kappa shape index (κ1) is 20.8. The minimum Gasteiger partial charge on any atom is -0.312 e. The third kappa shape index (κ3) is 3.71. The molecule has 0 saturated carbocycles. The minimum absolute atomic E-state index is 0.0126. The van der Waals surface area contributed by atoms with Crippen molar-refractivity contribution in [3.63, 3.8) is 0 Å². The third-order valence-corrected chi connectivity index (χ3v) is 7.95. The van der Waals surface area contributed by atoms with Crippen LogP contribution in [0.1, 0.15) is 18.4 Å². The maximum Gasteiger partial charge on any atom is 0.332 e. The van der Waals surface area contributed by atoms with E-state index in [4.69, 9.17) is 11.6 Å². The zero-order chi connectivity index (χ0) is 21.5. The van der Waals surface area contributed by atoms with Gasteiger partial charge in [-0.15, -0.1) is 0 Å². The number of amides is 3. The van der Waals surface area contributed by atoms with E-state index in [0.29, 0.717) is 23.6 Å². The van der Waals surface area contributed by atoms with Gasteiger partial charge in [-0.25, -0.2) is 18.1 Å². The van der Waals surface area contributed by atoms with E-state index in [1.54, 1.807) is 41.3 Å². The third-order valence-electron chi connectivity index (χ3n) is 5.65. The monoisotopic (exact) mass is 447 g/mol. The molecular weight excluding hydrogens is 426 g/mol. The number of rotatable bonds is 4. The van der Waals surface area contributed by atoms with Crippen molar-refractivity contribution in [3.05, 3.63) is 59.1 Å². The van der Waals surface area contributed by atoms with Crippen LogP contribution >= 0.6 is 11.6 Å². The Morgan fingerprint density at radius 3 is 2.30 bits per heavy atom. The van der Waals surface area contributed by atoms with E-state index in [2.05, 4.69) is 0 Å². The summed E-state index contributed by atoms with van der Waals surface area (Å²) in [5, 5.41) is 0.410. The molecule has 2 aromatic carbocycles. The van der Waals surface area contributed by atoms with Gasteiger partial charge in [0.25, 0.3) is 5.91 Å². The maximum atomic E-state index is 13.0. The van der Waals surface area contributed by atoms with Crippen LogP contribution in [0.5, 0.6) is 0 Å². The number of nitrogens with zero attached hydrogens (tertiary/aromatic N) is 3. The highest BCUT2D eigenvalue weighted by Crippen LogP contribution is 2.29. The summed E-state index contributed by atoms with van der Waals surface area (Å²) in [5.74, 6) is -0.268. The number of benzene rings is 2. The number of sulfonamides is 1. The van der Waals surface area contributed by atoms with Crippen molar-refractivity contribution in [2.45, 2.75) is 30.7 Å². The highest BCUT2D eigenvalue weighted by molar-refractivity contribution is 7.89. The summed E-state index contributed by atoms with van der Waals surface area (Å²) in [6.45, 7) is 2.39. The van der Waals surface area contributed by atoms with E-state index < -0.39 is 10.0 Å². The van der Waals surface area contributed by atoms with Crippen LogP contribution in [0.25, 0.3) is 0 Å². The van der Waals surface area contributed by atoms with Crippen LogP contribution in [0.2, 0.25) is 5.02 Å². The lowest BCUT2D eigenvalue weighted by Crippen LogP contribution is -2.48. The fourth-order valence-corrected chi connectivity index (χ4v) is 5.65. The largest absolute Gasteiger partial charge is 0.332 e. The van der Waals surface area contributed by atoms with Gasteiger partial charge >= 0.3 is 6.03 Å². The fourth-order valence-electron chi connectivity index (χ4n) is 3.91. The van der Waals surface area contributed by atoms with Gasteiger partial charge in [0.15, 0.2) is 0 Å². The van der Waals surface area contributed by atoms with Crippen LogP contribution in [0.15, 0.2) is 53.4 Å². The van der Waals surface area contributed by atoms with Crippen molar-refractivity contribution >= 4 is 39.2 Å². The maximum absolute atomic E-state index is 13.0. The molecule has 2 aliphatic heterocycles. The van der Waals surface area contributed by atoms with Crippen molar-refractivity contribution in [3.8, 4) is 0 Å². The summed E-state index contributed by atoms with van der Waals surface area (Å²) in [4.78, 5) is 28.2. The number of para-hydroxylation sites is 1. The molecule has 158 valence electrons. The smallest absolute Gasteiger partial charge is 0.312 e. The SMILES string of the molecule is Cc1ccc(S(=O)(=O)N2CCC(N3CC(=O)N(c4ccccc4)C3=O)CC2)cc1Cl. The molecule has 4 rings (SSSR count). The van der Waals surface area contributed by atoms with Crippen LogP contribution < -0.4 is 4.90 Å². The molecule has 2 aromatic rings. The Balaban J connectivity index is 1.45. The van der Waals surface area contributed by atoms with E-state index in [1.165, 1.54) is 15.3 Å². The van der Waals surface area contributed by atoms with Gasteiger partial charge < -0.3 is 4.90 Å². The fraction of sp³-hybridized carbons (Fsp3) is 0.333. The van der Waals surface area contributed by atoms with Crippen LogP contribution in [0.4, 0.5) is 10.5 Å². The average Bonchev–Trinajstić information content (AvgIpc) is 3.04. The van der Waals surface area contributed by atoms with E-state index in [-0.39, 0.29) is 42.5 Å². The Kier molecular flexibility index (Phi) is 5.57. The number of imide groups is 1. The van der Waals surface area contributed by atoms with Gasteiger partial charge in [-0.1, -0.05) is 35.9 Å². The normalized spacial score (nSPS) is 19.0. The molecule has 0 radical (unpaired) electrons. The van der Waals surface area contributed by atoms with E-state index in [9.17, 15) is 18.0 Å². The zero-order valence-electron chi connectivity index (χ0n) is 16.5. The molecule has 2 aliphatic rings. The van der Waals surface area contributed by atoms with E-state index in [0.717, 1.165) is 5.56 Å². The zero-order valence-corrected chi connectivity index (χ0v) is 18.1. The van der Waals surface area contributed by atoms with Crippen LogP contribution in [0.3, 0.4) is 0 Å². The lowest BCUT2D eigenvalue weighted by atomic mass is 10.1. The molecule has 2 heterocycles. The predicted molar refractivity (Wildman–Crippen MR) is 114 cm³/mol. The molecule has 0 N–H and O–H groups in total. The van der Waals surface area contributed by atoms with Gasteiger partial charge in [-0.2, -0.15) is 4.31 Å². The summed E-state index contributed by atoms with van der Waals surface area (Å²) in [5.41, 5.74) is 1.36. The van der Waals surface area contributed by atoms with Gasteiger partial charge in [0.1, 0.15) is 6.54 Å². The van der Waals surface area contributed by atoms with Crippen molar-refractivity contribution in [1.82, 2.24) is 9.21 Å². The number of hydrogen-bond donors (Lipinski definition) is 0. The lowest BCUT2D eigenvalue weighted by Gasteiger charge is -2.35. The molecule has 3 amide bonds. The van der Waals surface area contributed by atoms with Crippen LogP contribution in [-0.4, -0.2) is 55.2 Å². The second-order valence-corrected chi connectivity index (χ2v) is 9.87. The standard InChI is InChI=1S/C21H22ClN3O4S/c1-15-7-8-18(13-19(15)22)30(28,29)23-11-9-16(10-12-23)24-14-20(26)25(21(24)27)17-5-3-2-4-6-17/h2-8,13,16H,9-12,14H2,1H3. The lowest BCUT2D eigenvalue weighted by molar-refractivity contribution is -0.116. The Labute approximate surface area is 180 Å². The number of urea groups is 1. The second-order valence-electron chi connectivity index (χ2n) is 7.52. The average molecular weight is 448 g/mol. The van der Waals surface area contributed by atoms with Crippen molar-refractivity contribution < 1.29 is 18.0 Å². The first-order valence-electron chi connectivity index (χ1n) is 9.74. The quantitative estimate of drug-likeness (QED) is 0.674. The Hall–Kier alpha value is -2.42. The summed E-state index contributed by atoms with van der Waals surface area (Å²) in [6, 6.07) is 13.0. The number of piperidine rings is 1. The molecular formula is C21H22ClN3O4S. The first-order chi connectivity index (χ1) is 14.3. The van der Waals surface area contributed by atoms with Crippen LogP contribution in [0, 0.1) is 6.92 Å². The number of carbonyl (C=O) groups is 2. The van der Waals surface area contributed by atoms with E-state index in [1.807, 2.05) is 13.0 Å². The van der Waals surface area contributed by atoms with Gasteiger partial charge in [-0.05, 0) is 49.6 Å². The van der Waals surface area contributed by atoms with Crippen molar-refractivity contribution in [2.24, 2.45) is 0 Å². The Bertz CT molecular complexity index is 1080. The topological polar surface area (TPSA) is 78.0 Å². The molecule has 7 nitrogen and oxygen atoms in total. The summed E-state index contributed by atoms with van der Waals surface area (Å²) < 4.78 is 27.3. The summed E-state index contributed by atoms with van der Waals surface area (Å²) in [7, 11) is -3.66. The van der Waals surface area contributed by atoms with Gasteiger partial charge in [-0.3, -0.25) is 4.79 Å². The highest BCUT2D eigenvalue weighted by atomic mass is 35.5. The number of aryl methyl sites for hydroxylation is 1. The number of carbonyl (C=O) groups excluding carboxylic acids is 2. The van der Waals surface area contributed by atoms with E-state index >= 15 is 0 Å². The molecule has 30 heavy (non-hydrogen) atoms. The highest BCUT2D eigenvalue weighted by Gasteiger charge is 2.42. The number of hydrogen-bond acceptors (Lipinski definition) is 4. The van der Waals surface area contributed by atoms with Crippen LogP contribution in [-0.2, 0) is 14.8 Å². The predicted octanol–water partition coefficient (Wildman–Crippen LogP) is 3.27. The molecule has 9 heteroatoms. The Morgan fingerprint density at radius 2 is 1.67 bits per heavy atom. The Morgan fingerprint density at radius 1 is 1.00 bits per heavy atom. The summed E-state index contributed by atoms with van der Waals surface area (Å²) in [6.07, 6.45) is 0.945. The molecule has 0 atom stereocenters. The van der Waals surface area contributed by atoms with Gasteiger partial charge in [0.2, 0.25) is 10.0 Å². The molecule has 0 aliphatic carbocycles. The molecule has 0 bridgehead atoms. The van der Waals surface area contributed by atoms with Crippen molar-refractivity contribution in [1.29, 1.82) is 0 Å². The number of anilines is 1. The molecule has 0 aromatic heterocycles. The second kappa shape index (κ2) is 8.02.